The summed E-state index contributed by atoms with van der Waals surface area (Å²) >= 11 is 1.58. The van der Waals surface area contributed by atoms with E-state index in [4.69, 9.17) is 9.47 Å². The van der Waals surface area contributed by atoms with Gasteiger partial charge in [-0.15, -0.1) is 11.3 Å². The highest BCUT2D eigenvalue weighted by Gasteiger charge is 2.15. The molecule has 1 atom stereocenters. The Labute approximate surface area is 189 Å². The van der Waals surface area contributed by atoms with Gasteiger partial charge in [-0.25, -0.2) is 19.9 Å². The number of aryl methyl sites for hydroxylation is 1. The number of hydrogen-bond acceptors (Lipinski definition) is 9. The molecule has 0 amide bonds. The third-order valence-electron chi connectivity index (χ3n) is 4.96. The second-order valence-corrected chi connectivity index (χ2v) is 8.45. The lowest BCUT2D eigenvalue weighted by Gasteiger charge is -2.13. The number of ether oxygens (including phenoxy) is 2. The summed E-state index contributed by atoms with van der Waals surface area (Å²) in [5, 5.41) is 10.4. The second kappa shape index (κ2) is 8.80. The summed E-state index contributed by atoms with van der Waals surface area (Å²) < 4.78 is 11.6. The van der Waals surface area contributed by atoms with Crippen LogP contribution < -0.4 is 15.4 Å². The van der Waals surface area contributed by atoms with Crippen molar-refractivity contribution in [3.05, 3.63) is 64.9 Å². The first-order valence-electron chi connectivity index (χ1n) is 10.3. The molecule has 2 N–H and O–H groups in total. The van der Waals surface area contributed by atoms with Gasteiger partial charge in [0.2, 0.25) is 0 Å². The Hall–Kier alpha value is -3.72. The van der Waals surface area contributed by atoms with Crippen LogP contribution in [0.25, 0.3) is 10.9 Å². The lowest BCUT2D eigenvalue weighted by atomic mass is 10.1. The maximum Gasteiger partial charge on any atom is 0.289 e. The average molecular weight is 447 g/mol. The molecule has 1 unspecified atom stereocenters. The molecule has 9 heteroatoms. The third kappa shape index (κ3) is 4.47. The van der Waals surface area contributed by atoms with E-state index in [0.29, 0.717) is 19.2 Å². The Balaban J connectivity index is 1.35. The van der Waals surface area contributed by atoms with E-state index in [1.807, 2.05) is 55.6 Å². The molecule has 162 valence electrons. The molecule has 2 aromatic carbocycles. The van der Waals surface area contributed by atoms with Crippen LogP contribution in [0.2, 0.25) is 0 Å². The number of hydrogen-bond donors (Lipinski definition) is 2. The smallest absolute Gasteiger partial charge is 0.289 e. The van der Waals surface area contributed by atoms with Crippen LogP contribution in [-0.4, -0.2) is 33.6 Å². The lowest BCUT2D eigenvalue weighted by molar-refractivity contribution is 0.245. The number of aromatic nitrogens is 3. The summed E-state index contributed by atoms with van der Waals surface area (Å²) in [6.45, 7) is 5.14. The molecular weight excluding hydrogens is 424 g/mol. The van der Waals surface area contributed by atoms with Gasteiger partial charge < -0.3 is 20.1 Å². The summed E-state index contributed by atoms with van der Waals surface area (Å²) in [5.74, 6) is 1.55. The van der Waals surface area contributed by atoms with E-state index in [9.17, 15) is 0 Å². The zero-order valence-electron chi connectivity index (χ0n) is 17.7. The number of nitrogens with one attached hydrogen (secondary N) is 2. The third-order valence-corrected chi connectivity index (χ3v) is 5.72. The number of anilines is 3. The highest BCUT2D eigenvalue weighted by molar-refractivity contribution is 7.09. The van der Waals surface area contributed by atoms with E-state index in [-0.39, 0.29) is 6.10 Å². The van der Waals surface area contributed by atoms with Crippen molar-refractivity contribution in [3.8, 4) is 5.75 Å². The van der Waals surface area contributed by atoms with Crippen molar-refractivity contribution in [2.45, 2.75) is 26.6 Å². The van der Waals surface area contributed by atoms with Gasteiger partial charge in [0, 0.05) is 28.3 Å². The molecule has 8 nitrogen and oxygen atoms in total. The van der Waals surface area contributed by atoms with Gasteiger partial charge in [-0.3, -0.25) is 0 Å². The predicted molar refractivity (Wildman–Crippen MR) is 127 cm³/mol. The predicted octanol–water partition coefficient (Wildman–Crippen LogP) is 4.90. The minimum Gasteiger partial charge on any atom is -0.486 e. The largest absolute Gasteiger partial charge is 0.486 e. The van der Waals surface area contributed by atoms with Crippen molar-refractivity contribution in [3.63, 3.8) is 0 Å². The van der Waals surface area contributed by atoms with Crippen LogP contribution in [0, 0.1) is 6.92 Å². The Morgan fingerprint density at radius 2 is 1.97 bits per heavy atom. The van der Waals surface area contributed by atoms with Crippen molar-refractivity contribution in [2.24, 2.45) is 4.99 Å². The van der Waals surface area contributed by atoms with Crippen LogP contribution >= 0.6 is 11.3 Å². The van der Waals surface area contributed by atoms with Crippen LogP contribution in [-0.2, 0) is 11.3 Å². The van der Waals surface area contributed by atoms with Crippen molar-refractivity contribution < 1.29 is 9.47 Å². The minimum absolute atomic E-state index is 0.0929. The summed E-state index contributed by atoms with van der Waals surface area (Å²) in [5.41, 5.74) is 3.65. The van der Waals surface area contributed by atoms with Gasteiger partial charge in [0.1, 0.15) is 35.6 Å². The zero-order chi connectivity index (χ0) is 21.9. The van der Waals surface area contributed by atoms with Gasteiger partial charge in [-0.2, -0.15) is 0 Å². The molecule has 0 fully saturated rings. The van der Waals surface area contributed by atoms with Gasteiger partial charge in [0.05, 0.1) is 12.1 Å². The number of benzene rings is 2. The summed E-state index contributed by atoms with van der Waals surface area (Å²) in [7, 11) is 0. The molecule has 0 saturated carbocycles. The van der Waals surface area contributed by atoms with Crippen molar-refractivity contribution in [2.75, 3.05) is 17.2 Å². The SMILES string of the molecule is Cc1cc(Nc2ncnc3ccc(NC4=NCC(C)O4)cc23)ccc1OCc1nccs1. The zero-order valence-corrected chi connectivity index (χ0v) is 18.5. The standard InChI is InChI=1S/C23H22N6O2S/c1-14-9-16(4-6-20(14)30-12-21-24-7-8-32-21)28-22-18-10-17(3-5-19(18)26-13-27-22)29-23-25-11-15(2)31-23/h3-10,13,15H,11-12H2,1-2H3,(H,25,29)(H,26,27,28). The molecule has 0 bridgehead atoms. The topological polar surface area (TPSA) is 93.6 Å². The summed E-state index contributed by atoms with van der Waals surface area (Å²) in [6, 6.07) is 12.4. The molecule has 0 saturated heterocycles. The van der Waals surface area contributed by atoms with Crippen LogP contribution in [0.15, 0.2) is 59.3 Å². The Bertz CT molecular complexity index is 1270. The first-order valence-corrected chi connectivity index (χ1v) is 11.1. The molecule has 3 heterocycles. The number of amidine groups is 1. The van der Waals surface area contributed by atoms with Gasteiger partial charge in [0.25, 0.3) is 6.02 Å². The highest BCUT2D eigenvalue weighted by Crippen LogP contribution is 2.29. The average Bonchev–Trinajstić information content (AvgIpc) is 3.45. The van der Waals surface area contributed by atoms with E-state index in [0.717, 1.165) is 44.4 Å². The van der Waals surface area contributed by atoms with Gasteiger partial charge in [-0.1, -0.05) is 0 Å². The normalized spacial score (nSPS) is 15.3. The number of thiazole rings is 1. The quantitative estimate of drug-likeness (QED) is 0.435. The molecule has 0 aliphatic carbocycles. The number of nitrogens with zero attached hydrogens (tertiary/aromatic N) is 4. The molecule has 0 radical (unpaired) electrons. The van der Waals surface area contributed by atoms with Gasteiger partial charge >= 0.3 is 0 Å². The van der Waals surface area contributed by atoms with Crippen LogP contribution in [0.1, 0.15) is 17.5 Å². The number of rotatable bonds is 6. The fourth-order valence-electron chi connectivity index (χ4n) is 3.39. The monoisotopic (exact) mass is 446 g/mol. The van der Waals surface area contributed by atoms with E-state index in [1.54, 1.807) is 23.9 Å². The Morgan fingerprint density at radius 1 is 1.09 bits per heavy atom. The van der Waals surface area contributed by atoms with Crippen molar-refractivity contribution >= 4 is 45.5 Å². The Morgan fingerprint density at radius 3 is 2.75 bits per heavy atom. The van der Waals surface area contributed by atoms with E-state index < -0.39 is 0 Å². The molecule has 1 aliphatic rings. The minimum atomic E-state index is 0.0929. The number of fused-ring (bicyclic) bond motifs is 1. The molecule has 0 spiro atoms. The summed E-state index contributed by atoms with van der Waals surface area (Å²) in [4.78, 5) is 17.4. The van der Waals surface area contributed by atoms with E-state index >= 15 is 0 Å². The van der Waals surface area contributed by atoms with Crippen LogP contribution in [0.3, 0.4) is 0 Å². The van der Waals surface area contributed by atoms with Crippen LogP contribution in [0.4, 0.5) is 17.2 Å². The molecule has 32 heavy (non-hydrogen) atoms. The first kappa shape index (κ1) is 20.2. The first-order chi connectivity index (χ1) is 15.6. The number of aliphatic imine (C=N–C) groups is 1. The molecule has 4 aromatic rings. The fraction of sp³-hybridized carbons (Fsp3) is 0.217. The van der Waals surface area contributed by atoms with Crippen LogP contribution in [0.5, 0.6) is 5.75 Å². The highest BCUT2D eigenvalue weighted by atomic mass is 32.1. The maximum atomic E-state index is 5.91. The van der Waals surface area contributed by atoms with Crippen molar-refractivity contribution in [1.82, 2.24) is 15.0 Å². The molecule has 5 rings (SSSR count). The van der Waals surface area contributed by atoms with Gasteiger partial charge in [-0.05, 0) is 55.8 Å². The van der Waals surface area contributed by atoms with E-state index in [2.05, 4.69) is 30.6 Å². The maximum absolute atomic E-state index is 5.91. The lowest BCUT2D eigenvalue weighted by Crippen LogP contribution is -2.15. The van der Waals surface area contributed by atoms with Gasteiger partial charge in [0.15, 0.2) is 0 Å². The fourth-order valence-corrected chi connectivity index (χ4v) is 3.92. The summed E-state index contributed by atoms with van der Waals surface area (Å²) in [6.07, 6.45) is 3.43. The second-order valence-electron chi connectivity index (χ2n) is 7.47. The van der Waals surface area contributed by atoms with E-state index in [1.165, 1.54) is 0 Å². The molecule has 1 aliphatic heterocycles. The molecular formula is C23H22N6O2S. The van der Waals surface area contributed by atoms with Crippen molar-refractivity contribution in [1.29, 1.82) is 0 Å². The molecule has 2 aromatic heterocycles. The Kier molecular flexibility index (Phi) is 5.55.